The van der Waals surface area contributed by atoms with E-state index >= 15 is 0 Å². The first-order chi connectivity index (χ1) is 14.0. The summed E-state index contributed by atoms with van der Waals surface area (Å²) in [6.45, 7) is 4.55. The maximum atomic E-state index is 12.0. The molecule has 3 aliphatic rings. The van der Waals surface area contributed by atoms with Gasteiger partial charge in [0.1, 0.15) is 0 Å². The van der Waals surface area contributed by atoms with E-state index in [1.807, 2.05) is 34.7 Å². The van der Waals surface area contributed by atoms with E-state index in [-0.39, 0.29) is 17.9 Å². The van der Waals surface area contributed by atoms with E-state index in [1.165, 1.54) is 5.69 Å². The van der Waals surface area contributed by atoms with Crippen LogP contribution in [0.1, 0.15) is 32.1 Å². The van der Waals surface area contributed by atoms with Gasteiger partial charge in [0.2, 0.25) is 5.91 Å². The summed E-state index contributed by atoms with van der Waals surface area (Å²) in [5, 5.41) is 2.36. The summed E-state index contributed by atoms with van der Waals surface area (Å²) in [6, 6.07) is 8.33. The predicted molar refractivity (Wildman–Crippen MR) is 121 cm³/mol. The number of nitrogens with zero attached hydrogens (tertiary/aromatic N) is 3. The Morgan fingerprint density at radius 2 is 1.52 bits per heavy atom. The lowest BCUT2D eigenvalue weighted by Gasteiger charge is -2.42. The summed E-state index contributed by atoms with van der Waals surface area (Å²) in [5.41, 5.74) is 2.00. The number of amides is 3. The fraction of sp³-hybridized carbons (Fsp3) is 0.571. The molecular formula is C21H27IN4O3. The van der Waals surface area contributed by atoms with Crippen LogP contribution in [0.15, 0.2) is 24.3 Å². The van der Waals surface area contributed by atoms with E-state index in [0.29, 0.717) is 22.8 Å². The number of likely N-dealkylation sites (tertiary alicyclic amines) is 1. The van der Waals surface area contributed by atoms with E-state index in [4.69, 9.17) is 0 Å². The summed E-state index contributed by atoms with van der Waals surface area (Å²) in [6.07, 6.45) is 4.62. The van der Waals surface area contributed by atoms with Gasteiger partial charge in [0.05, 0.1) is 0 Å². The van der Waals surface area contributed by atoms with Crippen LogP contribution >= 0.6 is 22.6 Å². The van der Waals surface area contributed by atoms with Crippen molar-refractivity contribution in [1.29, 1.82) is 0 Å². The summed E-state index contributed by atoms with van der Waals surface area (Å²) in [7, 11) is 0. The number of hydrogen-bond donors (Lipinski definition) is 1. The van der Waals surface area contributed by atoms with E-state index in [1.54, 1.807) is 4.90 Å². The molecule has 3 fully saturated rings. The van der Waals surface area contributed by atoms with Crippen LogP contribution in [0, 0.1) is 5.92 Å². The minimum atomic E-state index is -0.345. The maximum absolute atomic E-state index is 12.0. The first-order valence-electron chi connectivity index (χ1n) is 10.4. The Labute approximate surface area is 184 Å². The van der Waals surface area contributed by atoms with Crippen molar-refractivity contribution < 1.29 is 14.4 Å². The van der Waals surface area contributed by atoms with Gasteiger partial charge in [-0.25, -0.2) is 4.79 Å². The minimum absolute atomic E-state index is 0.212. The number of rotatable bonds is 4. The molecule has 1 aromatic rings. The molecule has 156 valence electrons. The quantitative estimate of drug-likeness (QED) is 0.499. The van der Waals surface area contributed by atoms with Gasteiger partial charge >= 0.3 is 6.03 Å². The van der Waals surface area contributed by atoms with Crippen LogP contribution in [0.2, 0.25) is 0 Å². The third-order valence-electron chi connectivity index (χ3n) is 6.41. The third kappa shape index (κ3) is 4.74. The highest BCUT2D eigenvalue weighted by atomic mass is 127. The smallest absolute Gasteiger partial charge is 0.328 e. The Morgan fingerprint density at radius 1 is 0.897 bits per heavy atom. The van der Waals surface area contributed by atoms with E-state index < -0.39 is 0 Å². The molecule has 1 N–H and O–H groups in total. The molecule has 0 radical (unpaired) electrons. The summed E-state index contributed by atoms with van der Waals surface area (Å²) < 4.78 is 0.314. The van der Waals surface area contributed by atoms with Gasteiger partial charge in [-0.3, -0.25) is 19.8 Å². The van der Waals surface area contributed by atoms with Gasteiger partial charge in [-0.2, -0.15) is 0 Å². The van der Waals surface area contributed by atoms with Gasteiger partial charge in [-0.05, 0) is 85.6 Å². The lowest BCUT2D eigenvalue weighted by atomic mass is 9.94. The Hall–Kier alpha value is -1.68. The van der Waals surface area contributed by atoms with Crippen molar-refractivity contribution in [3.05, 3.63) is 24.3 Å². The molecule has 0 bridgehead atoms. The molecule has 3 heterocycles. The van der Waals surface area contributed by atoms with Crippen molar-refractivity contribution in [3.63, 3.8) is 0 Å². The first kappa shape index (κ1) is 20.6. The molecule has 0 aliphatic carbocycles. The molecule has 1 aromatic carbocycles. The van der Waals surface area contributed by atoms with Crippen molar-refractivity contribution in [2.45, 2.75) is 38.1 Å². The number of nitrogens with one attached hydrogen (secondary N) is 1. The number of anilines is 2. The Bertz CT molecular complexity index is 769. The zero-order valence-corrected chi connectivity index (χ0v) is 18.6. The number of benzene rings is 1. The summed E-state index contributed by atoms with van der Waals surface area (Å²) in [4.78, 5) is 41.5. The highest BCUT2D eigenvalue weighted by molar-refractivity contribution is 14.1. The van der Waals surface area contributed by atoms with Crippen LogP contribution in [0.4, 0.5) is 16.2 Å². The normalized spacial score (nSPS) is 22.7. The van der Waals surface area contributed by atoms with E-state index in [2.05, 4.69) is 27.2 Å². The lowest BCUT2D eigenvalue weighted by molar-refractivity contribution is -0.120. The third-order valence-corrected chi connectivity index (χ3v) is 7.29. The Morgan fingerprint density at radius 3 is 2.10 bits per heavy atom. The minimum Gasteiger partial charge on any atom is -0.371 e. The topological polar surface area (TPSA) is 73.0 Å². The van der Waals surface area contributed by atoms with E-state index in [0.717, 1.165) is 57.5 Å². The van der Waals surface area contributed by atoms with Crippen molar-refractivity contribution in [1.82, 2.24) is 10.2 Å². The number of urea groups is 1. The van der Waals surface area contributed by atoms with Gasteiger partial charge in [-0.1, -0.05) is 0 Å². The average molecular weight is 510 g/mol. The van der Waals surface area contributed by atoms with E-state index in [9.17, 15) is 14.4 Å². The molecule has 0 aromatic heterocycles. The van der Waals surface area contributed by atoms with Gasteiger partial charge in [0.25, 0.3) is 0 Å². The monoisotopic (exact) mass is 510 g/mol. The number of piperidine rings is 2. The van der Waals surface area contributed by atoms with Crippen LogP contribution in [0.3, 0.4) is 0 Å². The molecular weight excluding hydrogens is 483 g/mol. The Kier molecular flexibility index (Phi) is 6.38. The molecule has 0 spiro atoms. The molecule has 3 aliphatic heterocycles. The van der Waals surface area contributed by atoms with Crippen molar-refractivity contribution in [2.24, 2.45) is 5.92 Å². The van der Waals surface area contributed by atoms with Gasteiger partial charge < -0.3 is 9.80 Å². The second-order valence-electron chi connectivity index (χ2n) is 8.10. The summed E-state index contributed by atoms with van der Waals surface area (Å²) >= 11 is 1.95. The molecule has 7 nitrogen and oxygen atoms in total. The zero-order chi connectivity index (χ0) is 20.4. The van der Waals surface area contributed by atoms with Gasteiger partial charge in [0.15, 0.2) is 3.79 Å². The van der Waals surface area contributed by atoms with Gasteiger partial charge in [0, 0.05) is 49.4 Å². The second-order valence-corrected chi connectivity index (χ2v) is 9.17. The van der Waals surface area contributed by atoms with Crippen LogP contribution in [0.5, 0.6) is 0 Å². The lowest BCUT2D eigenvalue weighted by Crippen LogP contribution is -2.49. The molecule has 3 saturated heterocycles. The number of hydrogen-bond acceptors (Lipinski definition) is 5. The molecule has 3 amide bonds. The highest BCUT2D eigenvalue weighted by Crippen LogP contribution is 2.28. The molecule has 0 saturated carbocycles. The maximum Gasteiger partial charge on any atom is 0.328 e. The van der Waals surface area contributed by atoms with Crippen molar-refractivity contribution in [3.8, 4) is 0 Å². The van der Waals surface area contributed by atoms with Crippen LogP contribution in [-0.2, 0) is 9.59 Å². The van der Waals surface area contributed by atoms with Crippen LogP contribution in [-0.4, -0.2) is 59.4 Å². The number of halogens is 1. The molecule has 8 heteroatoms. The largest absolute Gasteiger partial charge is 0.371 e. The summed E-state index contributed by atoms with van der Waals surface area (Å²) in [5.74, 6) is 0.0430. The van der Waals surface area contributed by atoms with Gasteiger partial charge in [-0.15, -0.1) is 0 Å². The molecule has 29 heavy (non-hydrogen) atoms. The van der Waals surface area contributed by atoms with Crippen LogP contribution in [0.25, 0.3) is 0 Å². The van der Waals surface area contributed by atoms with Crippen molar-refractivity contribution in [2.75, 3.05) is 42.5 Å². The second kappa shape index (κ2) is 8.99. The first-order valence-corrected chi connectivity index (χ1v) is 11.5. The SMILES string of the molecule is O=C1CCN(c2ccc(N3CCC(N4CCC(C(=O)I)CC4)CC3)cc2)C(=O)N1. The average Bonchev–Trinajstić information content (AvgIpc) is 2.74. The zero-order valence-electron chi connectivity index (χ0n) is 16.5. The van der Waals surface area contributed by atoms with Crippen molar-refractivity contribution >= 4 is 49.7 Å². The number of imide groups is 1. The fourth-order valence-corrected chi connectivity index (χ4v) is 5.26. The fourth-order valence-electron chi connectivity index (χ4n) is 4.63. The standard InChI is InChI=1S/C21H27IN4O3/c22-20(28)15-5-10-24(11-6-15)17-7-12-25(13-8-17)16-1-3-18(4-2-16)26-14-9-19(27)23-21(26)29/h1-4,15,17H,5-14H2,(H,23,27,29). The molecule has 4 rings (SSSR count). The molecule has 0 unspecified atom stereocenters. The molecule has 0 atom stereocenters. The Balaban J connectivity index is 1.29. The highest BCUT2D eigenvalue weighted by Gasteiger charge is 2.30. The number of carbonyl (C=O) groups is 3. The van der Waals surface area contributed by atoms with Crippen LogP contribution < -0.4 is 15.1 Å². The number of carbonyl (C=O) groups excluding carboxylic acids is 3. The predicted octanol–water partition coefficient (Wildman–Crippen LogP) is 2.78.